The highest BCUT2D eigenvalue weighted by molar-refractivity contribution is 6.30. The maximum Gasteiger partial charge on any atom is 0.287 e. The summed E-state index contributed by atoms with van der Waals surface area (Å²) >= 11 is 10.8. The van der Waals surface area contributed by atoms with E-state index in [0.717, 1.165) is 0 Å². The van der Waals surface area contributed by atoms with E-state index in [9.17, 15) is 5.21 Å². The van der Waals surface area contributed by atoms with E-state index < -0.39 is 0 Å². The van der Waals surface area contributed by atoms with E-state index in [1.807, 2.05) is 0 Å². The lowest BCUT2D eigenvalue weighted by Gasteiger charge is -1.97. The third-order valence-electron chi connectivity index (χ3n) is 0.856. The fourth-order valence-electron chi connectivity index (χ4n) is 0.444. The minimum absolute atomic E-state index is 0.0856. The van der Waals surface area contributed by atoms with Crippen LogP contribution in [0.4, 0.5) is 0 Å². The highest BCUT2D eigenvalue weighted by atomic mass is 35.5. The number of pyridine rings is 1. The predicted octanol–water partition coefficient (Wildman–Crippen LogP) is 1.63. The van der Waals surface area contributed by atoms with Crippen LogP contribution in [0.2, 0.25) is 10.3 Å². The van der Waals surface area contributed by atoms with Crippen LogP contribution in [0.3, 0.4) is 0 Å². The summed E-state index contributed by atoms with van der Waals surface area (Å²) in [6.45, 7) is 0. The van der Waals surface area contributed by atoms with Crippen molar-refractivity contribution in [3.05, 3.63) is 33.7 Å². The van der Waals surface area contributed by atoms with Crippen molar-refractivity contribution in [1.82, 2.24) is 0 Å². The third kappa shape index (κ3) is 1.26. The molecule has 2 nitrogen and oxygen atoms in total. The van der Waals surface area contributed by atoms with Crippen LogP contribution < -0.4 is 4.73 Å². The van der Waals surface area contributed by atoms with Gasteiger partial charge in [0.1, 0.15) is 0 Å². The molecule has 4 heteroatoms. The largest absolute Gasteiger partial charge is 0.617 e. The number of aromatic nitrogens is 1. The molecular weight excluding hydrogens is 161 g/mol. The number of halogens is 2. The van der Waals surface area contributed by atoms with Crippen LogP contribution in [0.5, 0.6) is 0 Å². The van der Waals surface area contributed by atoms with E-state index in [-0.39, 0.29) is 10.3 Å². The van der Waals surface area contributed by atoms with Crippen LogP contribution in [-0.4, -0.2) is 0 Å². The van der Waals surface area contributed by atoms with Gasteiger partial charge in [0, 0.05) is 12.1 Å². The number of rotatable bonds is 0. The molecule has 0 aliphatic rings. The van der Waals surface area contributed by atoms with Gasteiger partial charge in [-0.2, -0.15) is 0 Å². The first-order valence-corrected chi connectivity index (χ1v) is 3.01. The Morgan fingerprint density at radius 1 is 1.22 bits per heavy atom. The molecular formula is C5H3Cl2NO. The van der Waals surface area contributed by atoms with Crippen LogP contribution in [-0.2, 0) is 0 Å². The minimum Gasteiger partial charge on any atom is -0.617 e. The first-order valence-electron chi connectivity index (χ1n) is 2.25. The molecule has 0 amide bonds. The monoisotopic (exact) mass is 163 g/mol. The van der Waals surface area contributed by atoms with Crippen LogP contribution >= 0.6 is 23.2 Å². The summed E-state index contributed by atoms with van der Waals surface area (Å²) in [7, 11) is 0. The lowest BCUT2D eigenvalue weighted by molar-refractivity contribution is -0.600. The van der Waals surface area contributed by atoms with Gasteiger partial charge in [-0.15, -0.1) is 4.73 Å². The first kappa shape index (κ1) is 6.65. The van der Waals surface area contributed by atoms with E-state index in [1.54, 1.807) is 6.07 Å². The van der Waals surface area contributed by atoms with Crippen LogP contribution in [0, 0.1) is 5.21 Å². The second-order valence-corrected chi connectivity index (χ2v) is 2.24. The molecule has 0 aliphatic carbocycles. The molecule has 0 unspecified atom stereocenters. The van der Waals surface area contributed by atoms with Crippen molar-refractivity contribution < 1.29 is 4.73 Å². The standard InChI is InChI=1S/C5H3Cl2NO/c6-4-2-1-3-5(7)8(4)9/h1-3H. The summed E-state index contributed by atoms with van der Waals surface area (Å²) in [4.78, 5) is 0. The Hall–Kier alpha value is -0.470. The van der Waals surface area contributed by atoms with Gasteiger partial charge in [-0.3, -0.25) is 0 Å². The molecule has 0 saturated heterocycles. The summed E-state index contributed by atoms with van der Waals surface area (Å²) < 4.78 is 0.448. The topological polar surface area (TPSA) is 26.9 Å². The fourth-order valence-corrected chi connectivity index (χ4v) is 0.815. The molecule has 9 heavy (non-hydrogen) atoms. The summed E-state index contributed by atoms with van der Waals surface area (Å²) in [5.41, 5.74) is 0. The Kier molecular flexibility index (Phi) is 1.78. The van der Waals surface area contributed by atoms with E-state index in [4.69, 9.17) is 23.2 Å². The molecule has 0 spiro atoms. The van der Waals surface area contributed by atoms with Crippen molar-refractivity contribution >= 4 is 23.2 Å². The van der Waals surface area contributed by atoms with E-state index in [2.05, 4.69) is 0 Å². The average Bonchev–Trinajstić information content (AvgIpc) is 1.83. The Labute approximate surface area is 62.2 Å². The van der Waals surface area contributed by atoms with Gasteiger partial charge < -0.3 is 5.21 Å². The van der Waals surface area contributed by atoms with Crippen LogP contribution in [0.1, 0.15) is 0 Å². The molecule has 0 N–H and O–H groups in total. The minimum atomic E-state index is 0.0856. The summed E-state index contributed by atoms with van der Waals surface area (Å²) in [5, 5.41) is 10.8. The Morgan fingerprint density at radius 2 is 1.67 bits per heavy atom. The van der Waals surface area contributed by atoms with Crippen molar-refractivity contribution in [3.63, 3.8) is 0 Å². The Balaban J connectivity index is 3.25. The van der Waals surface area contributed by atoms with Gasteiger partial charge >= 0.3 is 0 Å². The Morgan fingerprint density at radius 3 is 2.00 bits per heavy atom. The SMILES string of the molecule is [O-][n+]1c(Cl)cccc1Cl. The zero-order chi connectivity index (χ0) is 6.85. The number of hydrogen-bond donors (Lipinski definition) is 0. The highest BCUT2D eigenvalue weighted by Gasteiger charge is 2.02. The fraction of sp³-hybridized carbons (Fsp3) is 0. The zero-order valence-electron chi connectivity index (χ0n) is 4.34. The molecule has 0 atom stereocenters. The molecule has 48 valence electrons. The van der Waals surface area contributed by atoms with E-state index in [1.165, 1.54) is 12.1 Å². The predicted molar refractivity (Wildman–Crippen MR) is 35.4 cm³/mol. The van der Waals surface area contributed by atoms with Gasteiger partial charge in [-0.1, -0.05) is 0 Å². The van der Waals surface area contributed by atoms with Crippen molar-refractivity contribution in [2.45, 2.75) is 0 Å². The molecule has 0 fully saturated rings. The van der Waals surface area contributed by atoms with Gasteiger partial charge in [0.15, 0.2) is 0 Å². The summed E-state index contributed by atoms with van der Waals surface area (Å²) in [6.07, 6.45) is 0. The lowest BCUT2D eigenvalue weighted by Crippen LogP contribution is -2.28. The number of nitrogens with zero attached hydrogens (tertiary/aromatic N) is 1. The zero-order valence-corrected chi connectivity index (χ0v) is 5.86. The maximum absolute atomic E-state index is 10.6. The lowest BCUT2D eigenvalue weighted by atomic mass is 10.5. The average molecular weight is 164 g/mol. The van der Waals surface area contributed by atoms with E-state index >= 15 is 0 Å². The van der Waals surface area contributed by atoms with Gasteiger partial charge in [0.25, 0.3) is 10.3 Å². The number of hydrogen-bond acceptors (Lipinski definition) is 1. The van der Waals surface area contributed by atoms with Crippen molar-refractivity contribution in [2.24, 2.45) is 0 Å². The smallest absolute Gasteiger partial charge is 0.287 e. The molecule has 0 radical (unpaired) electrons. The molecule has 1 aromatic rings. The second kappa shape index (κ2) is 2.42. The van der Waals surface area contributed by atoms with Crippen molar-refractivity contribution in [1.29, 1.82) is 0 Å². The molecule has 1 rings (SSSR count). The van der Waals surface area contributed by atoms with Gasteiger partial charge in [-0.25, -0.2) is 0 Å². The second-order valence-electron chi connectivity index (χ2n) is 1.47. The van der Waals surface area contributed by atoms with Crippen molar-refractivity contribution in [2.75, 3.05) is 0 Å². The van der Waals surface area contributed by atoms with E-state index in [0.29, 0.717) is 4.73 Å². The van der Waals surface area contributed by atoms with Gasteiger partial charge in [-0.05, 0) is 29.3 Å². The quantitative estimate of drug-likeness (QED) is 0.325. The molecule has 0 bridgehead atoms. The molecule has 1 aromatic heterocycles. The third-order valence-corrected chi connectivity index (χ3v) is 1.41. The maximum atomic E-state index is 10.6. The molecule has 0 aromatic carbocycles. The van der Waals surface area contributed by atoms with Crippen LogP contribution in [0.25, 0.3) is 0 Å². The first-order chi connectivity index (χ1) is 4.22. The highest BCUT2D eigenvalue weighted by Crippen LogP contribution is 2.05. The van der Waals surface area contributed by atoms with Crippen molar-refractivity contribution in [3.8, 4) is 0 Å². The molecule has 1 heterocycles. The molecule has 0 aliphatic heterocycles. The normalized spacial score (nSPS) is 9.56. The van der Waals surface area contributed by atoms with Crippen LogP contribution in [0.15, 0.2) is 18.2 Å². The molecule has 0 saturated carbocycles. The Bertz CT molecular complexity index is 206. The van der Waals surface area contributed by atoms with Gasteiger partial charge in [0.2, 0.25) is 0 Å². The summed E-state index contributed by atoms with van der Waals surface area (Å²) in [5.74, 6) is 0. The summed E-state index contributed by atoms with van der Waals surface area (Å²) in [6, 6.07) is 4.56. The van der Waals surface area contributed by atoms with Gasteiger partial charge in [0.05, 0.1) is 0 Å².